The van der Waals surface area contributed by atoms with Gasteiger partial charge in [-0.3, -0.25) is 4.79 Å². The largest absolute Gasteiger partial charge is 0.443 e. The number of hydrogen-bond acceptors (Lipinski definition) is 4. The van der Waals surface area contributed by atoms with Crippen molar-refractivity contribution in [2.24, 2.45) is 5.92 Å². The van der Waals surface area contributed by atoms with Crippen molar-refractivity contribution in [2.45, 2.75) is 37.6 Å². The number of halogens is 2. The van der Waals surface area contributed by atoms with Gasteiger partial charge in [0, 0.05) is 29.3 Å². The van der Waals surface area contributed by atoms with Crippen LogP contribution in [0, 0.1) is 5.92 Å². The second-order valence-corrected chi connectivity index (χ2v) is 8.39. The van der Waals surface area contributed by atoms with Crippen LogP contribution in [0.2, 0.25) is 0 Å². The number of furan rings is 1. The Balaban J connectivity index is 2.31. The van der Waals surface area contributed by atoms with Crippen molar-refractivity contribution in [2.75, 3.05) is 6.54 Å². The van der Waals surface area contributed by atoms with Gasteiger partial charge in [0.25, 0.3) is 15.0 Å². The van der Waals surface area contributed by atoms with E-state index in [1.807, 2.05) is 0 Å². The second kappa shape index (κ2) is 5.69. The number of likely N-dealkylation sites (tertiary alicyclic amines) is 1. The van der Waals surface area contributed by atoms with E-state index in [4.69, 9.17) is 15.1 Å². The van der Waals surface area contributed by atoms with Crippen molar-refractivity contribution < 1.29 is 17.6 Å². The van der Waals surface area contributed by atoms with E-state index < -0.39 is 9.05 Å². The van der Waals surface area contributed by atoms with E-state index in [-0.39, 0.29) is 27.3 Å². The summed E-state index contributed by atoms with van der Waals surface area (Å²) in [5, 5.41) is 0. The maximum Gasteiger partial charge on any atom is 0.289 e. The minimum atomic E-state index is -3.94. The van der Waals surface area contributed by atoms with Crippen LogP contribution in [0.1, 0.15) is 37.2 Å². The number of hydrogen-bond donors (Lipinski definition) is 0. The molecule has 1 aliphatic rings. The molecule has 112 valence electrons. The zero-order valence-electron chi connectivity index (χ0n) is 11.1. The van der Waals surface area contributed by atoms with Crippen molar-refractivity contribution in [3.63, 3.8) is 0 Å². The Morgan fingerprint density at radius 1 is 1.55 bits per heavy atom. The van der Waals surface area contributed by atoms with Crippen LogP contribution in [-0.4, -0.2) is 31.8 Å². The lowest BCUT2D eigenvalue weighted by molar-refractivity contribution is 0.0668. The van der Waals surface area contributed by atoms with Crippen LogP contribution in [0.15, 0.2) is 20.0 Å². The summed E-state index contributed by atoms with van der Waals surface area (Å²) in [7, 11) is 1.34. The number of carbonyl (C=O) groups excluding carboxylic acids is 1. The monoisotopic (exact) mass is 383 g/mol. The lowest BCUT2D eigenvalue weighted by atomic mass is 10.0. The average molecular weight is 385 g/mol. The van der Waals surface area contributed by atoms with Crippen LogP contribution >= 0.6 is 26.6 Å². The molecule has 1 fully saturated rings. The third-order valence-corrected chi connectivity index (χ3v) is 5.64. The Morgan fingerprint density at radius 3 is 2.70 bits per heavy atom. The van der Waals surface area contributed by atoms with Crippen molar-refractivity contribution in [1.82, 2.24) is 4.90 Å². The Kier molecular flexibility index (Phi) is 4.51. The molecule has 5 nitrogen and oxygen atoms in total. The molecule has 0 aromatic carbocycles. The zero-order valence-corrected chi connectivity index (χ0v) is 14.3. The highest BCUT2D eigenvalue weighted by Crippen LogP contribution is 2.31. The molecule has 0 saturated carbocycles. The van der Waals surface area contributed by atoms with Crippen molar-refractivity contribution in [1.29, 1.82) is 0 Å². The normalized spacial score (nSPS) is 19.9. The molecule has 1 amide bonds. The number of nitrogens with zero attached hydrogens (tertiary/aromatic N) is 1. The van der Waals surface area contributed by atoms with Gasteiger partial charge < -0.3 is 9.32 Å². The minimum absolute atomic E-state index is 0.0105. The fraction of sp³-hybridized carbons (Fsp3) is 0.583. The number of amides is 1. The Hall–Kier alpha value is -0.530. The van der Waals surface area contributed by atoms with E-state index in [9.17, 15) is 13.2 Å². The molecule has 8 heteroatoms. The lowest BCUT2D eigenvalue weighted by Gasteiger charge is -2.26. The molecular formula is C12H15BrClNO4S. The standard InChI is InChI=1S/C12H15BrClNO4S/c1-7(2)8-4-3-5-15(8)12(16)9-6-10(11(13)19-9)20(14,17)18/h6-8H,3-5H2,1-2H3. The summed E-state index contributed by atoms with van der Waals surface area (Å²) in [6.07, 6.45) is 1.89. The first-order valence-corrected chi connectivity index (χ1v) is 9.37. The molecule has 0 N–H and O–H groups in total. The van der Waals surface area contributed by atoms with Crippen molar-refractivity contribution in [3.8, 4) is 0 Å². The van der Waals surface area contributed by atoms with Gasteiger partial charge in [0.2, 0.25) is 0 Å². The van der Waals surface area contributed by atoms with Crippen molar-refractivity contribution >= 4 is 41.6 Å². The fourth-order valence-electron chi connectivity index (χ4n) is 2.50. The third kappa shape index (κ3) is 3.04. The molecule has 1 atom stereocenters. The highest BCUT2D eigenvalue weighted by Gasteiger charge is 2.34. The summed E-state index contributed by atoms with van der Waals surface area (Å²) in [6.45, 7) is 4.77. The molecule has 0 radical (unpaired) electrons. The Morgan fingerprint density at radius 2 is 2.20 bits per heavy atom. The summed E-state index contributed by atoms with van der Waals surface area (Å²) in [4.78, 5) is 13.9. The van der Waals surface area contributed by atoms with Crippen LogP contribution < -0.4 is 0 Å². The molecule has 1 aromatic rings. The van der Waals surface area contributed by atoms with Gasteiger partial charge in [0.15, 0.2) is 10.4 Å². The average Bonchev–Trinajstić information content (AvgIpc) is 2.92. The quantitative estimate of drug-likeness (QED) is 0.750. The maximum absolute atomic E-state index is 12.4. The van der Waals surface area contributed by atoms with E-state index in [1.165, 1.54) is 6.07 Å². The fourth-order valence-corrected chi connectivity index (χ4v) is 4.54. The second-order valence-electron chi connectivity index (χ2n) is 5.14. The molecule has 1 aromatic heterocycles. The molecule has 1 aliphatic heterocycles. The predicted molar refractivity (Wildman–Crippen MR) is 78.3 cm³/mol. The first-order chi connectivity index (χ1) is 9.21. The first-order valence-electron chi connectivity index (χ1n) is 6.26. The minimum Gasteiger partial charge on any atom is -0.443 e. The van der Waals surface area contributed by atoms with Crippen LogP contribution in [0.25, 0.3) is 0 Å². The maximum atomic E-state index is 12.4. The highest BCUT2D eigenvalue weighted by atomic mass is 79.9. The molecule has 1 unspecified atom stereocenters. The predicted octanol–water partition coefficient (Wildman–Crippen LogP) is 3.23. The SMILES string of the molecule is CC(C)C1CCCN1C(=O)c1cc(S(=O)(=O)Cl)c(Br)o1. The zero-order chi connectivity index (χ0) is 15.1. The van der Waals surface area contributed by atoms with Crippen LogP contribution in [0.3, 0.4) is 0 Å². The van der Waals surface area contributed by atoms with Crippen LogP contribution in [-0.2, 0) is 9.05 Å². The molecule has 0 bridgehead atoms. The molecule has 0 spiro atoms. The first kappa shape index (κ1) is 15.9. The number of rotatable bonds is 3. The van der Waals surface area contributed by atoms with E-state index in [0.717, 1.165) is 12.8 Å². The van der Waals surface area contributed by atoms with Gasteiger partial charge in [-0.1, -0.05) is 13.8 Å². The van der Waals surface area contributed by atoms with Crippen molar-refractivity contribution in [3.05, 3.63) is 16.5 Å². The topological polar surface area (TPSA) is 67.6 Å². The van der Waals surface area contributed by atoms with E-state index in [1.54, 1.807) is 4.90 Å². The Labute approximate surface area is 130 Å². The van der Waals surface area contributed by atoms with Crippen LogP contribution in [0.5, 0.6) is 0 Å². The third-order valence-electron chi connectivity index (χ3n) is 3.46. The van der Waals surface area contributed by atoms with Gasteiger partial charge in [0.05, 0.1) is 0 Å². The van der Waals surface area contributed by atoms with E-state index in [2.05, 4.69) is 29.8 Å². The molecular weight excluding hydrogens is 370 g/mol. The summed E-state index contributed by atoms with van der Waals surface area (Å²) in [6, 6.07) is 1.33. The molecule has 2 heterocycles. The number of carbonyl (C=O) groups is 1. The van der Waals surface area contributed by atoms with Gasteiger partial charge in [-0.25, -0.2) is 8.42 Å². The lowest BCUT2D eigenvalue weighted by Crippen LogP contribution is -2.38. The summed E-state index contributed by atoms with van der Waals surface area (Å²) < 4.78 is 27.8. The van der Waals surface area contributed by atoms with E-state index >= 15 is 0 Å². The van der Waals surface area contributed by atoms with Gasteiger partial charge >= 0.3 is 0 Å². The summed E-state index contributed by atoms with van der Waals surface area (Å²) in [5.41, 5.74) is 0. The van der Waals surface area contributed by atoms with Gasteiger partial charge in [-0.05, 0) is 34.7 Å². The van der Waals surface area contributed by atoms with Gasteiger partial charge in [0.1, 0.15) is 4.90 Å². The van der Waals surface area contributed by atoms with E-state index in [0.29, 0.717) is 12.5 Å². The molecule has 0 aliphatic carbocycles. The summed E-state index contributed by atoms with van der Waals surface area (Å²) >= 11 is 2.97. The highest BCUT2D eigenvalue weighted by molar-refractivity contribution is 9.10. The summed E-state index contributed by atoms with van der Waals surface area (Å²) in [5.74, 6) is 0.0354. The Bertz CT molecular complexity index is 625. The molecule has 20 heavy (non-hydrogen) atoms. The smallest absolute Gasteiger partial charge is 0.289 e. The molecule has 2 rings (SSSR count). The molecule has 1 saturated heterocycles. The van der Waals surface area contributed by atoms with Gasteiger partial charge in [-0.15, -0.1) is 0 Å². The van der Waals surface area contributed by atoms with Crippen LogP contribution in [0.4, 0.5) is 0 Å². The van der Waals surface area contributed by atoms with Gasteiger partial charge in [-0.2, -0.15) is 0 Å².